The lowest BCUT2D eigenvalue weighted by atomic mass is 10.2. The molecule has 29 heavy (non-hydrogen) atoms. The summed E-state index contributed by atoms with van der Waals surface area (Å²) in [4.78, 5) is 5.55. The minimum Gasteiger partial charge on any atom is -0.454 e. The molecular formula is C21H24IN3O3S. The third-order valence-corrected chi connectivity index (χ3v) is 5.65. The van der Waals surface area contributed by atoms with Gasteiger partial charge in [-0.1, -0.05) is 24.3 Å². The van der Waals surface area contributed by atoms with E-state index in [2.05, 4.69) is 27.8 Å². The largest absolute Gasteiger partial charge is 0.454 e. The fourth-order valence-electron chi connectivity index (χ4n) is 3.01. The normalized spacial score (nSPS) is 13.8. The molecule has 6 nitrogen and oxygen atoms in total. The molecule has 2 heterocycles. The summed E-state index contributed by atoms with van der Waals surface area (Å²) in [5.74, 6) is 2.19. The van der Waals surface area contributed by atoms with Crippen molar-refractivity contribution < 1.29 is 14.6 Å². The molecule has 1 unspecified atom stereocenters. The molecule has 1 aromatic heterocycles. The van der Waals surface area contributed by atoms with E-state index in [4.69, 9.17) is 9.47 Å². The van der Waals surface area contributed by atoms with Gasteiger partial charge in [-0.15, -0.1) is 35.3 Å². The molecule has 0 amide bonds. The highest BCUT2D eigenvalue weighted by Gasteiger charge is 2.14. The van der Waals surface area contributed by atoms with Gasteiger partial charge in [0.05, 0.1) is 6.54 Å². The van der Waals surface area contributed by atoms with Crippen LogP contribution in [0.5, 0.6) is 11.5 Å². The van der Waals surface area contributed by atoms with E-state index in [9.17, 15) is 5.11 Å². The zero-order valence-electron chi connectivity index (χ0n) is 16.1. The Kier molecular flexibility index (Phi) is 7.57. The zero-order chi connectivity index (χ0) is 19.3. The van der Waals surface area contributed by atoms with Crippen LogP contribution in [0, 0.1) is 0 Å². The molecule has 4 rings (SSSR count). The zero-order valence-corrected chi connectivity index (χ0v) is 19.2. The van der Waals surface area contributed by atoms with Crippen molar-refractivity contribution in [3.05, 3.63) is 59.0 Å². The second kappa shape index (κ2) is 10.1. The summed E-state index contributed by atoms with van der Waals surface area (Å²) < 4.78 is 11.9. The summed E-state index contributed by atoms with van der Waals surface area (Å²) >= 11 is 1.62. The van der Waals surface area contributed by atoms with E-state index >= 15 is 0 Å². The van der Waals surface area contributed by atoms with Gasteiger partial charge >= 0.3 is 0 Å². The van der Waals surface area contributed by atoms with Crippen LogP contribution in [0.3, 0.4) is 0 Å². The fraction of sp³-hybridized carbons (Fsp3) is 0.286. The van der Waals surface area contributed by atoms with Crippen LogP contribution < -0.4 is 20.1 Å². The van der Waals surface area contributed by atoms with Gasteiger partial charge in [-0.2, -0.15) is 0 Å². The van der Waals surface area contributed by atoms with Gasteiger partial charge < -0.3 is 25.2 Å². The van der Waals surface area contributed by atoms with Gasteiger partial charge in [-0.05, 0) is 42.1 Å². The number of ether oxygens (including phenoxy) is 2. The molecule has 3 N–H and O–H groups in total. The number of fused-ring (bicyclic) bond motifs is 2. The average molecular weight is 525 g/mol. The highest BCUT2D eigenvalue weighted by molar-refractivity contribution is 14.0. The maximum Gasteiger partial charge on any atom is 0.231 e. The minimum absolute atomic E-state index is 0. The van der Waals surface area contributed by atoms with Gasteiger partial charge in [0, 0.05) is 22.7 Å². The van der Waals surface area contributed by atoms with Crippen LogP contribution in [-0.4, -0.2) is 30.9 Å². The van der Waals surface area contributed by atoms with E-state index in [-0.39, 0.29) is 30.8 Å². The molecule has 2 aromatic carbocycles. The third kappa shape index (κ3) is 5.31. The Balaban J connectivity index is 0.00000240. The summed E-state index contributed by atoms with van der Waals surface area (Å²) in [5, 5.41) is 18.2. The Morgan fingerprint density at radius 2 is 1.97 bits per heavy atom. The van der Waals surface area contributed by atoms with E-state index in [1.807, 2.05) is 43.3 Å². The van der Waals surface area contributed by atoms with Gasteiger partial charge in [0.2, 0.25) is 6.79 Å². The first-order valence-electron chi connectivity index (χ1n) is 9.30. The number of hydrogen-bond donors (Lipinski definition) is 3. The molecule has 0 radical (unpaired) electrons. The Morgan fingerprint density at radius 3 is 2.79 bits per heavy atom. The third-order valence-electron chi connectivity index (χ3n) is 4.44. The molecule has 0 fully saturated rings. The monoisotopic (exact) mass is 525 g/mol. The molecule has 154 valence electrons. The number of benzene rings is 2. The molecule has 0 spiro atoms. The summed E-state index contributed by atoms with van der Waals surface area (Å²) in [6.45, 7) is 3.92. The highest BCUT2D eigenvalue weighted by Crippen LogP contribution is 2.32. The molecule has 8 heteroatoms. The predicted molar refractivity (Wildman–Crippen MR) is 128 cm³/mol. The molecule has 3 aromatic rings. The van der Waals surface area contributed by atoms with Crippen molar-refractivity contribution in [2.45, 2.75) is 19.6 Å². The van der Waals surface area contributed by atoms with Crippen LogP contribution >= 0.6 is 35.3 Å². The SMILES string of the molecule is CCNC(=NCc1ccc2c(c1)OCO2)NCC(O)c1cc2ccccc2s1.I. The molecule has 0 bridgehead atoms. The molecule has 0 saturated carbocycles. The lowest BCUT2D eigenvalue weighted by Gasteiger charge is -2.14. The molecular weight excluding hydrogens is 501 g/mol. The van der Waals surface area contributed by atoms with Gasteiger partial charge in [0.25, 0.3) is 0 Å². The van der Waals surface area contributed by atoms with E-state index < -0.39 is 6.10 Å². The van der Waals surface area contributed by atoms with Gasteiger partial charge in [0.1, 0.15) is 6.10 Å². The maximum absolute atomic E-state index is 10.6. The van der Waals surface area contributed by atoms with Crippen LogP contribution in [0.25, 0.3) is 10.1 Å². The first-order valence-corrected chi connectivity index (χ1v) is 10.1. The van der Waals surface area contributed by atoms with E-state index in [1.165, 1.54) is 4.70 Å². The van der Waals surface area contributed by atoms with Crippen LogP contribution in [-0.2, 0) is 6.54 Å². The Morgan fingerprint density at radius 1 is 1.14 bits per heavy atom. The number of rotatable bonds is 6. The highest BCUT2D eigenvalue weighted by atomic mass is 127. The van der Waals surface area contributed by atoms with Crippen molar-refractivity contribution in [3.8, 4) is 11.5 Å². The number of aliphatic hydroxyl groups excluding tert-OH is 1. The van der Waals surface area contributed by atoms with Crippen LogP contribution in [0.2, 0.25) is 0 Å². The van der Waals surface area contributed by atoms with Gasteiger partial charge in [-0.3, -0.25) is 0 Å². The Labute approximate surface area is 191 Å². The number of halogens is 1. The molecule has 1 atom stereocenters. The molecule has 1 aliphatic heterocycles. The van der Waals surface area contributed by atoms with Gasteiger partial charge in [0.15, 0.2) is 17.5 Å². The number of nitrogens with one attached hydrogen (secondary N) is 2. The van der Waals surface area contributed by atoms with Crippen molar-refractivity contribution in [1.82, 2.24) is 10.6 Å². The molecule has 0 saturated heterocycles. The average Bonchev–Trinajstić information content (AvgIpc) is 3.36. The Bertz CT molecular complexity index is 959. The summed E-state index contributed by atoms with van der Waals surface area (Å²) in [6, 6.07) is 16.0. The predicted octanol–water partition coefficient (Wildman–Crippen LogP) is 4.04. The number of aliphatic hydroxyl groups is 1. The first-order chi connectivity index (χ1) is 13.7. The lowest BCUT2D eigenvalue weighted by Crippen LogP contribution is -2.39. The number of aliphatic imine (C=N–C) groups is 1. The van der Waals surface area contributed by atoms with Crippen LogP contribution in [0.1, 0.15) is 23.5 Å². The number of nitrogens with zero attached hydrogens (tertiary/aromatic N) is 1. The molecule has 1 aliphatic rings. The number of guanidine groups is 1. The van der Waals surface area contributed by atoms with Gasteiger partial charge in [-0.25, -0.2) is 4.99 Å². The Hall–Kier alpha value is -2.04. The first kappa shape index (κ1) is 21.7. The summed E-state index contributed by atoms with van der Waals surface area (Å²) in [5.41, 5.74) is 1.03. The van der Waals surface area contributed by atoms with Crippen molar-refractivity contribution in [3.63, 3.8) is 0 Å². The van der Waals surface area contributed by atoms with Crippen molar-refractivity contribution in [2.24, 2.45) is 4.99 Å². The second-order valence-corrected chi connectivity index (χ2v) is 7.58. The summed E-state index contributed by atoms with van der Waals surface area (Å²) in [6.07, 6.45) is -0.591. The van der Waals surface area contributed by atoms with Crippen molar-refractivity contribution in [2.75, 3.05) is 19.9 Å². The van der Waals surface area contributed by atoms with Crippen LogP contribution in [0.4, 0.5) is 0 Å². The molecule has 0 aliphatic carbocycles. The van der Waals surface area contributed by atoms with Crippen LogP contribution in [0.15, 0.2) is 53.5 Å². The lowest BCUT2D eigenvalue weighted by molar-refractivity contribution is 0.174. The van der Waals surface area contributed by atoms with Crippen molar-refractivity contribution in [1.29, 1.82) is 0 Å². The quantitative estimate of drug-likeness (QED) is 0.258. The smallest absolute Gasteiger partial charge is 0.231 e. The van der Waals surface area contributed by atoms with E-state index in [0.717, 1.165) is 33.9 Å². The topological polar surface area (TPSA) is 75.1 Å². The van der Waals surface area contributed by atoms with E-state index in [1.54, 1.807) is 11.3 Å². The van der Waals surface area contributed by atoms with Crippen molar-refractivity contribution >= 4 is 51.4 Å². The number of thiophene rings is 1. The van der Waals surface area contributed by atoms with E-state index in [0.29, 0.717) is 19.0 Å². The summed E-state index contributed by atoms with van der Waals surface area (Å²) in [7, 11) is 0. The minimum atomic E-state index is -0.591. The standard InChI is InChI=1S/C21H23N3O3S.HI/c1-2-22-21(23-11-14-7-8-17-18(9-14)27-13-26-17)24-12-16(25)20-10-15-5-3-4-6-19(15)28-20;/h3-10,16,25H,2,11-13H2,1H3,(H2,22,23,24);1H. The fourth-order valence-corrected chi connectivity index (χ4v) is 4.06. The number of hydrogen-bond acceptors (Lipinski definition) is 5. The second-order valence-electron chi connectivity index (χ2n) is 6.47. The maximum atomic E-state index is 10.6.